The van der Waals surface area contributed by atoms with Crippen molar-refractivity contribution in [3.05, 3.63) is 59.8 Å². The summed E-state index contributed by atoms with van der Waals surface area (Å²) in [5.74, 6) is -1.34. The molecule has 2 unspecified atom stereocenters. The van der Waals surface area contributed by atoms with Gasteiger partial charge < -0.3 is 20.1 Å². The number of piperidine rings is 1. The number of nitrogens with two attached hydrogens (primary N) is 1. The van der Waals surface area contributed by atoms with Crippen molar-refractivity contribution < 1.29 is 31.8 Å². The number of hydrogen-bond donors (Lipinski definition) is 1. The van der Waals surface area contributed by atoms with Crippen LogP contribution in [-0.2, 0) is 0 Å². The highest BCUT2D eigenvalue weighted by molar-refractivity contribution is 5.99. The molecular formula is C23H17F4N5O3. The average Bonchev–Trinajstić information content (AvgIpc) is 3.42. The number of nitrogen functional groups attached to an aromatic ring is 1. The number of carbonyl (C=O) groups excluding carboxylic acids is 1. The predicted molar refractivity (Wildman–Crippen MR) is 115 cm³/mol. The van der Waals surface area contributed by atoms with Crippen LogP contribution in [0.1, 0.15) is 34.8 Å². The van der Waals surface area contributed by atoms with Crippen molar-refractivity contribution in [2.24, 2.45) is 0 Å². The third-order valence-corrected chi connectivity index (χ3v) is 6.35. The highest BCUT2D eigenvalue weighted by Gasteiger charge is 2.44. The van der Waals surface area contributed by atoms with Crippen LogP contribution in [0.15, 0.2) is 42.9 Å². The lowest BCUT2D eigenvalue weighted by Gasteiger charge is -2.36. The molecule has 1 amide bonds. The summed E-state index contributed by atoms with van der Waals surface area (Å²) in [5.41, 5.74) is 7.56. The fraction of sp³-hybridized carbons (Fsp3) is 0.261. The Balaban J connectivity index is 1.39. The number of fused-ring (bicyclic) bond motifs is 6. The Hall–Kier alpha value is -4.09. The Labute approximate surface area is 194 Å². The van der Waals surface area contributed by atoms with E-state index in [4.69, 9.17) is 10.5 Å². The van der Waals surface area contributed by atoms with Gasteiger partial charge in [0.15, 0.2) is 0 Å². The summed E-state index contributed by atoms with van der Waals surface area (Å²) in [6.07, 6.45) is -1.10. The van der Waals surface area contributed by atoms with Gasteiger partial charge in [-0.3, -0.25) is 9.20 Å². The maximum absolute atomic E-state index is 15.1. The fourth-order valence-corrected chi connectivity index (χ4v) is 4.92. The molecule has 2 N–H and O–H groups in total. The van der Waals surface area contributed by atoms with E-state index in [2.05, 4.69) is 14.7 Å². The molecule has 0 saturated carbocycles. The van der Waals surface area contributed by atoms with Gasteiger partial charge >= 0.3 is 6.36 Å². The number of alkyl halides is 3. The number of imidazole rings is 1. The Bertz CT molecular complexity index is 1500. The Morgan fingerprint density at radius 3 is 2.83 bits per heavy atom. The van der Waals surface area contributed by atoms with E-state index in [1.807, 2.05) is 0 Å². The third-order valence-electron chi connectivity index (χ3n) is 6.35. The highest BCUT2D eigenvalue weighted by Crippen LogP contribution is 2.46. The number of hydrogen-bond acceptors (Lipinski definition) is 6. The molecule has 0 aliphatic carbocycles. The van der Waals surface area contributed by atoms with E-state index in [0.717, 1.165) is 12.1 Å². The van der Waals surface area contributed by atoms with Crippen LogP contribution in [0, 0.1) is 5.82 Å². The molecule has 0 bridgehead atoms. The second kappa shape index (κ2) is 7.45. The lowest BCUT2D eigenvalue weighted by molar-refractivity contribution is -0.274. The smallest absolute Gasteiger partial charge is 0.487 e. The van der Waals surface area contributed by atoms with Crippen molar-refractivity contribution in [3.8, 4) is 11.5 Å². The fourth-order valence-electron chi connectivity index (χ4n) is 4.92. The van der Waals surface area contributed by atoms with Crippen LogP contribution in [0.2, 0.25) is 0 Å². The summed E-state index contributed by atoms with van der Waals surface area (Å²) in [7, 11) is 0. The number of carbonyl (C=O) groups is 1. The van der Waals surface area contributed by atoms with Gasteiger partial charge in [-0.1, -0.05) is 0 Å². The minimum absolute atomic E-state index is 0.162. The number of benzene rings is 2. The largest absolute Gasteiger partial charge is 0.573 e. The topological polar surface area (TPSA) is 95.0 Å². The second-order valence-electron chi connectivity index (χ2n) is 8.46. The van der Waals surface area contributed by atoms with Gasteiger partial charge in [-0.2, -0.15) is 0 Å². The van der Waals surface area contributed by atoms with E-state index in [1.165, 1.54) is 35.6 Å². The molecule has 0 spiro atoms. The molecule has 2 aliphatic heterocycles. The molecule has 1 saturated heterocycles. The molecule has 2 aromatic heterocycles. The summed E-state index contributed by atoms with van der Waals surface area (Å²) in [4.78, 5) is 23.4. The van der Waals surface area contributed by atoms with Gasteiger partial charge in [0.2, 0.25) is 0 Å². The average molecular weight is 487 g/mol. The summed E-state index contributed by atoms with van der Waals surface area (Å²) in [5, 5.41) is 0. The number of rotatable bonds is 2. The Kier molecular flexibility index (Phi) is 4.57. The number of amides is 1. The van der Waals surface area contributed by atoms with Gasteiger partial charge in [0.1, 0.15) is 34.8 Å². The van der Waals surface area contributed by atoms with Crippen LogP contribution in [0.3, 0.4) is 0 Å². The number of halogens is 4. The zero-order chi connectivity index (χ0) is 24.5. The van der Waals surface area contributed by atoms with Gasteiger partial charge in [-0.15, -0.1) is 13.2 Å². The van der Waals surface area contributed by atoms with Crippen molar-refractivity contribution >= 4 is 28.3 Å². The van der Waals surface area contributed by atoms with Crippen LogP contribution >= 0.6 is 0 Å². The van der Waals surface area contributed by atoms with Gasteiger partial charge in [0.05, 0.1) is 35.2 Å². The Morgan fingerprint density at radius 1 is 1.20 bits per heavy atom. The quantitative estimate of drug-likeness (QED) is 0.425. The van der Waals surface area contributed by atoms with Gasteiger partial charge in [-0.25, -0.2) is 14.4 Å². The van der Waals surface area contributed by atoms with Gasteiger partial charge in [0, 0.05) is 24.2 Å². The first-order valence-corrected chi connectivity index (χ1v) is 10.8. The van der Waals surface area contributed by atoms with Crippen LogP contribution in [0.5, 0.6) is 11.5 Å². The summed E-state index contributed by atoms with van der Waals surface area (Å²) >= 11 is 0. The normalized spacial score (nSPS) is 19.5. The van der Waals surface area contributed by atoms with Crippen molar-refractivity contribution in [1.29, 1.82) is 0 Å². The molecule has 35 heavy (non-hydrogen) atoms. The number of ether oxygens (including phenoxy) is 2. The van der Waals surface area contributed by atoms with E-state index in [9.17, 15) is 18.0 Å². The molecule has 180 valence electrons. The number of aromatic nitrogens is 3. The first-order chi connectivity index (χ1) is 16.7. The molecule has 4 aromatic rings. The molecule has 2 atom stereocenters. The van der Waals surface area contributed by atoms with Gasteiger partial charge in [-0.05, 0) is 31.0 Å². The van der Waals surface area contributed by atoms with E-state index in [0.29, 0.717) is 36.0 Å². The number of nitrogens with zero attached hydrogens (tertiary/aromatic N) is 4. The maximum Gasteiger partial charge on any atom is 0.573 e. The monoisotopic (exact) mass is 487 g/mol. The van der Waals surface area contributed by atoms with Crippen molar-refractivity contribution in [2.75, 3.05) is 12.3 Å². The second-order valence-corrected chi connectivity index (χ2v) is 8.46. The number of likely N-dealkylation sites (tertiary alicyclic amines) is 1. The first-order valence-electron chi connectivity index (χ1n) is 10.8. The van der Waals surface area contributed by atoms with Crippen LogP contribution < -0.4 is 15.2 Å². The summed E-state index contributed by atoms with van der Waals surface area (Å²) in [6.45, 7) is 0.335. The molecule has 12 heteroatoms. The van der Waals surface area contributed by atoms with Crippen molar-refractivity contribution in [1.82, 2.24) is 19.3 Å². The third kappa shape index (κ3) is 3.47. The summed E-state index contributed by atoms with van der Waals surface area (Å²) < 4.78 is 64.5. The van der Waals surface area contributed by atoms with E-state index < -0.39 is 36.0 Å². The SMILES string of the molecule is Nc1nc2cc(F)c(C(=O)N3CCCC4Oc5cc(OC(F)(F)F)ccc5C43)cc2n2cncc12. The van der Waals surface area contributed by atoms with Crippen LogP contribution in [0.4, 0.5) is 23.4 Å². The molecule has 2 aliphatic rings. The first kappa shape index (κ1) is 21.4. The maximum atomic E-state index is 15.1. The minimum Gasteiger partial charge on any atom is -0.487 e. The van der Waals surface area contributed by atoms with Crippen LogP contribution in [0.25, 0.3) is 16.6 Å². The van der Waals surface area contributed by atoms with Crippen LogP contribution in [-0.4, -0.2) is 44.2 Å². The number of anilines is 1. The Morgan fingerprint density at radius 2 is 2.03 bits per heavy atom. The molecule has 8 nitrogen and oxygen atoms in total. The van der Waals surface area contributed by atoms with Crippen molar-refractivity contribution in [2.45, 2.75) is 31.3 Å². The van der Waals surface area contributed by atoms with E-state index in [-0.39, 0.29) is 22.6 Å². The molecule has 0 radical (unpaired) electrons. The molecule has 4 heterocycles. The lowest BCUT2D eigenvalue weighted by Crippen LogP contribution is -2.44. The molecule has 6 rings (SSSR count). The lowest BCUT2D eigenvalue weighted by atomic mass is 9.93. The molecular weight excluding hydrogens is 470 g/mol. The standard InChI is InChI=1S/C23H17F4N5O3/c24-14-8-15-16(32-10-29-9-17(32)21(28)30-15)7-13(14)22(33)31-5-1-2-18-20(31)12-4-3-11(6-19(12)34-18)35-23(25,26)27/h3-4,6-10,18,20H,1-2,5H2,(H2,28,30). The highest BCUT2D eigenvalue weighted by atomic mass is 19.4. The molecule has 1 fully saturated rings. The minimum atomic E-state index is -4.84. The predicted octanol–water partition coefficient (Wildman–Crippen LogP) is 4.24. The molecule has 2 aromatic carbocycles. The van der Waals surface area contributed by atoms with Crippen molar-refractivity contribution in [3.63, 3.8) is 0 Å². The summed E-state index contributed by atoms with van der Waals surface area (Å²) in [6, 6.07) is 5.78. The zero-order valence-electron chi connectivity index (χ0n) is 17.9. The van der Waals surface area contributed by atoms with Gasteiger partial charge in [0.25, 0.3) is 5.91 Å². The van der Waals surface area contributed by atoms with E-state index in [1.54, 1.807) is 4.40 Å². The zero-order valence-corrected chi connectivity index (χ0v) is 17.9. The van der Waals surface area contributed by atoms with E-state index >= 15 is 4.39 Å².